The highest BCUT2D eigenvalue weighted by Crippen LogP contribution is 2.36. The molecule has 0 fully saturated rings. The molecule has 0 radical (unpaired) electrons. The molecule has 0 aliphatic heterocycles. The molecule has 0 unspecified atom stereocenters. The third kappa shape index (κ3) is 7.50. The van der Waals surface area contributed by atoms with Crippen molar-refractivity contribution in [2.45, 2.75) is 29.4 Å². The van der Waals surface area contributed by atoms with Gasteiger partial charge in [-0.3, -0.25) is 0 Å². The Morgan fingerprint density at radius 2 is 1.23 bits per heavy atom. The van der Waals surface area contributed by atoms with Crippen LogP contribution in [0.5, 0.6) is 5.75 Å². The van der Waals surface area contributed by atoms with Crippen molar-refractivity contribution >= 4 is 43.2 Å². The predicted octanol–water partition coefficient (Wildman–Crippen LogP) is 7.24. The summed E-state index contributed by atoms with van der Waals surface area (Å²) in [5.74, 6) is -0.593. The second kappa shape index (κ2) is 13.5. The summed E-state index contributed by atoms with van der Waals surface area (Å²) in [6.45, 7) is -0.0963. The summed E-state index contributed by atoms with van der Waals surface area (Å²) in [6, 6.07) is 34.8. The summed E-state index contributed by atoms with van der Waals surface area (Å²) in [6.07, 6.45) is 0. The summed E-state index contributed by atoms with van der Waals surface area (Å²) in [5.41, 5.74) is 3.97. The highest BCUT2D eigenvalue weighted by Gasteiger charge is 2.29. The number of nitrogens with one attached hydrogen (secondary N) is 1. The third-order valence-corrected chi connectivity index (χ3v) is 10.6. The van der Waals surface area contributed by atoms with E-state index < -0.39 is 30.7 Å². The third-order valence-electron chi connectivity index (χ3n) is 6.90. The van der Waals surface area contributed by atoms with E-state index in [4.69, 9.17) is 23.2 Å². The second-order valence-corrected chi connectivity index (χ2v) is 14.5. The lowest BCUT2D eigenvalue weighted by Gasteiger charge is -2.24. The number of aromatic hydroxyl groups is 1. The van der Waals surface area contributed by atoms with Gasteiger partial charge in [0.1, 0.15) is 4.90 Å². The first kappa shape index (κ1) is 31.7. The number of benzene rings is 5. The van der Waals surface area contributed by atoms with Crippen molar-refractivity contribution in [3.8, 4) is 16.9 Å². The van der Waals surface area contributed by atoms with Gasteiger partial charge >= 0.3 is 0 Å². The number of rotatable bonds is 11. The number of hydrogen-bond donors (Lipinski definition) is 2. The van der Waals surface area contributed by atoms with Crippen LogP contribution in [0.15, 0.2) is 131 Å². The van der Waals surface area contributed by atoms with Gasteiger partial charge in [-0.25, -0.2) is 21.6 Å². The van der Waals surface area contributed by atoms with Crippen molar-refractivity contribution in [3.05, 3.63) is 148 Å². The quantitative estimate of drug-likeness (QED) is 0.155. The van der Waals surface area contributed by atoms with Gasteiger partial charge in [-0.2, -0.15) is 4.31 Å². The average molecular weight is 668 g/mol. The van der Waals surface area contributed by atoms with Gasteiger partial charge in [-0.05, 0) is 52.1 Å². The summed E-state index contributed by atoms with van der Waals surface area (Å²) in [7, 11) is -8.06. The highest BCUT2D eigenvalue weighted by molar-refractivity contribution is 7.89. The zero-order chi connectivity index (χ0) is 31.3. The van der Waals surface area contributed by atoms with E-state index in [1.807, 2.05) is 54.6 Å². The number of phenols is 1. The fourth-order valence-electron chi connectivity index (χ4n) is 4.64. The van der Waals surface area contributed by atoms with Crippen molar-refractivity contribution in [2.24, 2.45) is 0 Å². The Kier molecular flexibility index (Phi) is 9.75. The number of hydrogen-bond acceptors (Lipinski definition) is 5. The molecule has 226 valence electrons. The minimum absolute atomic E-state index is 0.00343. The van der Waals surface area contributed by atoms with E-state index in [0.717, 1.165) is 11.1 Å². The zero-order valence-electron chi connectivity index (χ0n) is 23.3. The van der Waals surface area contributed by atoms with Gasteiger partial charge in [0.15, 0.2) is 5.75 Å². The minimum Gasteiger partial charge on any atom is -0.505 e. The lowest BCUT2D eigenvalue weighted by Crippen LogP contribution is -2.30. The Labute approximate surface area is 267 Å². The monoisotopic (exact) mass is 666 g/mol. The predicted molar refractivity (Wildman–Crippen MR) is 173 cm³/mol. The molecule has 11 heteroatoms. The van der Waals surface area contributed by atoms with E-state index in [2.05, 4.69) is 4.72 Å². The van der Waals surface area contributed by atoms with Crippen LogP contribution in [0.1, 0.15) is 16.7 Å². The van der Waals surface area contributed by atoms with E-state index >= 15 is 0 Å². The first-order valence-corrected chi connectivity index (χ1v) is 17.2. The van der Waals surface area contributed by atoms with Crippen LogP contribution < -0.4 is 4.72 Å². The Morgan fingerprint density at radius 1 is 0.636 bits per heavy atom. The minimum atomic E-state index is -4.32. The van der Waals surface area contributed by atoms with Crippen LogP contribution in [-0.2, 0) is 39.7 Å². The molecule has 0 aliphatic rings. The topological polar surface area (TPSA) is 104 Å². The van der Waals surface area contributed by atoms with Gasteiger partial charge in [0.2, 0.25) is 20.0 Å². The molecule has 0 atom stereocenters. The summed E-state index contributed by atoms with van der Waals surface area (Å²) in [5, 5.41) is 10.5. The zero-order valence-corrected chi connectivity index (χ0v) is 26.4. The molecule has 7 nitrogen and oxygen atoms in total. The number of nitrogens with zero attached hydrogens (tertiary/aromatic N) is 1. The molecule has 5 aromatic rings. The van der Waals surface area contributed by atoms with Crippen molar-refractivity contribution in [3.63, 3.8) is 0 Å². The van der Waals surface area contributed by atoms with E-state index in [9.17, 15) is 21.9 Å². The van der Waals surface area contributed by atoms with Gasteiger partial charge in [-0.1, -0.05) is 120 Å². The molecule has 0 saturated heterocycles. The largest absolute Gasteiger partial charge is 0.505 e. The summed E-state index contributed by atoms with van der Waals surface area (Å²) < 4.78 is 57.3. The standard InChI is InChI=1S/C33H28Cl2N2O5S2/c34-29-19-31(35)33(38)32(20-29)44(41,42)37(22-24-14-16-28(17-15-24)27-10-3-1-4-11-27)23-26-9-7-8-25(18-26)21-36-43(39,40)30-12-5-2-6-13-30/h1-20,36,38H,21-23H2. The molecule has 0 bridgehead atoms. The molecule has 5 rings (SSSR count). The van der Waals surface area contributed by atoms with Crippen molar-refractivity contribution < 1.29 is 21.9 Å². The molecule has 0 aromatic heterocycles. The summed E-state index contributed by atoms with van der Waals surface area (Å²) >= 11 is 12.2. The normalized spacial score (nSPS) is 12.0. The van der Waals surface area contributed by atoms with Gasteiger partial charge in [0.05, 0.1) is 9.92 Å². The maximum absolute atomic E-state index is 14.0. The van der Waals surface area contributed by atoms with E-state index in [1.54, 1.807) is 42.5 Å². The molecule has 0 spiro atoms. The van der Waals surface area contributed by atoms with Gasteiger partial charge in [-0.15, -0.1) is 0 Å². The van der Waals surface area contributed by atoms with Crippen LogP contribution >= 0.6 is 23.2 Å². The van der Waals surface area contributed by atoms with Gasteiger partial charge in [0, 0.05) is 24.7 Å². The first-order chi connectivity index (χ1) is 21.0. The van der Waals surface area contributed by atoms with E-state index in [0.29, 0.717) is 16.7 Å². The molecular formula is C33H28Cl2N2O5S2. The highest BCUT2D eigenvalue weighted by atomic mass is 35.5. The molecule has 0 saturated carbocycles. The van der Waals surface area contributed by atoms with E-state index in [1.165, 1.54) is 28.6 Å². The van der Waals surface area contributed by atoms with Crippen molar-refractivity contribution in [2.75, 3.05) is 0 Å². The molecule has 44 heavy (non-hydrogen) atoms. The SMILES string of the molecule is O=S(=O)(NCc1cccc(CN(Cc2ccc(-c3ccccc3)cc2)S(=O)(=O)c2cc(Cl)cc(Cl)c2O)c1)c1ccccc1. The molecule has 0 aliphatic carbocycles. The second-order valence-electron chi connectivity index (χ2n) is 10.0. The van der Waals surface area contributed by atoms with Crippen LogP contribution in [-0.4, -0.2) is 26.2 Å². The van der Waals surface area contributed by atoms with Crippen LogP contribution in [0, 0.1) is 0 Å². The Balaban J connectivity index is 1.44. The smallest absolute Gasteiger partial charge is 0.247 e. The molecule has 5 aromatic carbocycles. The lowest BCUT2D eigenvalue weighted by molar-refractivity contribution is 0.394. The molecule has 2 N–H and O–H groups in total. The maximum Gasteiger partial charge on any atom is 0.247 e. The van der Waals surface area contributed by atoms with Gasteiger partial charge < -0.3 is 5.11 Å². The van der Waals surface area contributed by atoms with Crippen LogP contribution in [0.2, 0.25) is 10.0 Å². The van der Waals surface area contributed by atoms with E-state index in [-0.39, 0.29) is 34.6 Å². The fourth-order valence-corrected chi connectivity index (χ4v) is 7.84. The first-order valence-electron chi connectivity index (χ1n) is 13.5. The number of phenolic OH excluding ortho intramolecular Hbond substituents is 1. The fraction of sp³-hybridized carbons (Fsp3) is 0.0909. The molecule has 0 heterocycles. The molecule has 0 amide bonds. The van der Waals surface area contributed by atoms with Crippen molar-refractivity contribution in [1.29, 1.82) is 0 Å². The Morgan fingerprint density at radius 3 is 1.91 bits per heavy atom. The lowest BCUT2D eigenvalue weighted by atomic mass is 10.0. The van der Waals surface area contributed by atoms with Gasteiger partial charge in [0.25, 0.3) is 0 Å². The summed E-state index contributed by atoms with van der Waals surface area (Å²) in [4.78, 5) is -0.269. The van der Waals surface area contributed by atoms with Crippen LogP contribution in [0.4, 0.5) is 0 Å². The van der Waals surface area contributed by atoms with Crippen LogP contribution in [0.3, 0.4) is 0 Å². The molecular weight excluding hydrogens is 639 g/mol. The number of halogens is 2. The maximum atomic E-state index is 14.0. The number of sulfonamides is 2. The van der Waals surface area contributed by atoms with Crippen LogP contribution in [0.25, 0.3) is 11.1 Å². The Hall–Kier alpha value is -3.70. The van der Waals surface area contributed by atoms with Crippen molar-refractivity contribution in [1.82, 2.24) is 9.03 Å². The average Bonchev–Trinajstić information content (AvgIpc) is 3.03. The Bertz CT molecular complexity index is 1970.